The number of ether oxygens (including phenoxy) is 1. The average molecular weight is 376 g/mol. The Morgan fingerprint density at radius 1 is 1.11 bits per heavy atom. The highest BCUT2D eigenvalue weighted by molar-refractivity contribution is 6.01. The zero-order chi connectivity index (χ0) is 20.0. The van der Waals surface area contributed by atoms with Crippen molar-refractivity contribution in [3.63, 3.8) is 0 Å². The average Bonchev–Trinajstić information content (AvgIpc) is 2.96. The smallest absolute Gasteiger partial charge is 0.410 e. The van der Waals surface area contributed by atoms with Crippen molar-refractivity contribution >= 4 is 23.9 Å². The van der Waals surface area contributed by atoms with Crippen LogP contribution in [-0.2, 0) is 30.6 Å². The van der Waals surface area contributed by atoms with Crippen LogP contribution < -0.4 is 0 Å². The van der Waals surface area contributed by atoms with Crippen LogP contribution in [0.5, 0.6) is 0 Å². The molecule has 0 aliphatic carbocycles. The summed E-state index contributed by atoms with van der Waals surface area (Å²) in [4.78, 5) is 54.3. The van der Waals surface area contributed by atoms with Gasteiger partial charge in [0.1, 0.15) is 12.6 Å². The molecule has 1 heterocycles. The Morgan fingerprint density at radius 2 is 1.70 bits per heavy atom. The first-order valence-corrected chi connectivity index (χ1v) is 8.80. The van der Waals surface area contributed by atoms with Gasteiger partial charge in [-0.1, -0.05) is 44.2 Å². The maximum absolute atomic E-state index is 12.5. The lowest BCUT2D eigenvalue weighted by Crippen LogP contribution is -2.47. The first kappa shape index (κ1) is 20.4. The molecule has 2 rings (SSSR count). The Balaban J connectivity index is 2.02. The largest absolute Gasteiger partial charge is 0.445 e. The highest BCUT2D eigenvalue weighted by Crippen LogP contribution is 2.18. The van der Waals surface area contributed by atoms with Gasteiger partial charge in [-0.2, -0.15) is 0 Å². The lowest BCUT2D eigenvalue weighted by atomic mass is 10.0. The van der Waals surface area contributed by atoms with E-state index in [4.69, 9.17) is 9.57 Å². The second-order valence-corrected chi connectivity index (χ2v) is 6.79. The minimum atomic E-state index is -0.977. The molecule has 0 aromatic heterocycles. The van der Waals surface area contributed by atoms with Gasteiger partial charge < -0.3 is 9.57 Å². The lowest BCUT2D eigenvalue weighted by Gasteiger charge is -2.28. The van der Waals surface area contributed by atoms with Gasteiger partial charge in [0.05, 0.1) is 0 Å². The minimum absolute atomic E-state index is 0.00984. The zero-order valence-electron chi connectivity index (χ0n) is 15.7. The van der Waals surface area contributed by atoms with E-state index in [2.05, 4.69) is 0 Å². The lowest BCUT2D eigenvalue weighted by molar-refractivity contribution is -0.201. The van der Waals surface area contributed by atoms with Crippen LogP contribution in [0.3, 0.4) is 0 Å². The van der Waals surface area contributed by atoms with Crippen molar-refractivity contribution in [3.05, 3.63) is 35.9 Å². The number of likely N-dealkylation sites (N-methyl/N-ethyl adjacent to an activating group) is 1. The summed E-state index contributed by atoms with van der Waals surface area (Å²) in [6, 6.07) is 8.17. The predicted octanol–water partition coefficient (Wildman–Crippen LogP) is 2.28. The first-order valence-electron chi connectivity index (χ1n) is 8.80. The second kappa shape index (κ2) is 9.16. The Bertz CT molecular complexity index is 687. The van der Waals surface area contributed by atoms with Gasteiger partial charge in [-0.15, -0.1) is 5.06 Å². The molecule has 1 saturated heterocycles. The van der Waals surface area contributed by atoms with Gasteiger partial charge >= 0.3 is 12.1 Å². The molecule has 3 amide bonds. The third-order valence-corrected chi connectivity index (χ3v) is 4.11. The fourth-order valence-corrected chi connectivity index (χ4v) is 2.62. The molecule has 0 radical (unpaired) electrons. The molecule has 0 bridgehead atoms. The fraction of sp³-hybridized carbons (Fsp3) is 0.474. The molecule has 8 heteroatoms. The number of hydroxylamine groups is 2. The van der Waals surface area contributed by atoms with Crippen molar-refractivity contribution in [1.82, 2.24) is 9.96 Å². The summed E-state index contributed by atoms with van der Waals surface area (Å²) in [5.74, 6) is -1.90. The number of benzene rings is 1. The van der Waals surface area contributed by atoms with Crippen molar-refractivity contribution in [2.24, 2.45) is 5.92 Å². The molecule has 1 aromatic carbocycles. The van der Waals surface area contributed by atoms with Crippen molar-refractivity contribution in [3.8, 4) is 0 Å². The Labute approximate surface area is 158 Å². The number of carbonyl (C=O) groups excluding carboxylic acids is 4. The predicted molar refractivity (Wildman–Crippen MR) is 94.8 cm³/mol. The number of nitrogens with zero attached hydrogens (tertiary/aromatic N) is 2. The van der Waals surface area contributed by atoms with E-state index in [-0.39, 0.29) is 25.4 Å². The Hall–Kier alpha value is -2.90. The first-order chi connectivity index (χ1) is 12.8. The quantitative estimate of drug-likeness (QED) is 0.678. The van der Waals surface area contributed by atoms with Gasteiger partial charge in [0.2, 0.25) is 0 Å². The van der Waals surface area contributed by atoms with Gasteiger partial charge in [0.25, 0.3) is 11.8 Å². The molecule has 146 valence electrons. The van der Waals surface area contributed by atoms with Crippen LogP contribution >= 0.6 is 0 Å². The molecule has 0 N–H and O–H groups in total. The molecule has 0 unspecified atom stereocenters. The van der Waals surface area contributed by atoms with Crippen LogP contribution in [0.1, 0.15) is 38.7 Å². The Kier molecular flexibility index (Phi) is 6.92. The third kappa shape index (κ3) is 5.54. The SMILES string of the molecule is CC(C)C[C@@H](C(=O)ON1C(=O)CCC1=O)N(C)C(=O)OCc1ccccc1. The summed E-state index contributed by atoms with van der Waals surface area (Å²) < 4.78 is 5.25. The Morgan fingerprint density at radius 3 is 2.26 bits per heavy atom. The highest BCUT2D eigenvalue weighted by Gasteiger charge is 2.37. The molecule has 8 nitrogen and oxygen atoms in total. The molecule has 1 atom stereocenters. The number of hydrogen-bond donors (Lipinski definition) is 0. The molecule has 0 spiro atoms. The third-order valence-electron chi connectivity index (χ3n) is 4.11. The van der Waals surface area contributed by atoms with E-state index in [0.717, 1.165) is 10.5 Å². The molecule has 1 aliphatic heterocycles. The summed E-state index contributed by atoms with van der Waals surface area (Å²) in [6.45, 7) is 3.84. The molecule has 1 fully saturated rings. The van der Waals surface area contributed by atoms with Gasteiger partial charge in [0.15, 0.2) is 0 Å². The van der Waals surface area contributed by atoms with Crippen LogP contribution in [0.4, 0.5) is 4.79 Å². The van der Waals surface area contributed by atoms with Crippen LogP contribution in [0.2, 0.25) is 0 Å². The fourth-order valence-electron chi connectivity index (χ4n) is 2.62. The van der Waals surface area contributed by atoms with E-state index < -0.39 is 29.9 Å². The van der Waals surface area contributed by atoms with Gasteiger partial charge in [-0.05, 0) is 17.9 Å². The molecule has 27 heavy (non-hydrogen) atoms. The number of rotatable bonds is 7. The highest BCUT2D eigenvalue weighted by atomic mass is 16.7. The van der Waals surface area contributed by atoms with E-state index in [1.54, 1.807) is 0 Å². The number of amides is 3. The van der Waals surface area contributed by atoms with E-state index in [1.807, 2.05) is 44.2 Å². The number of carbonyl (C=O) groups is 4. The topological polar surface area (TPSA) is 93.2 Å². The van der Waals surface area contributed by atoms with E-state index in [1.165, 1.54) is 7.05 Å². The van der Waals surface area contributed by atoms with Crippen LogP contribution in [0.25, 0.3) is 0 Å². The normalized spacial score (nSPS) is 15.0. The number of imide groups is 1. The van der Waals surface area contributed by atoms with E-state index in [9.17, 15) is 19.2 Å². The van der Waals surface area contributed by atoms with Gasteiger partial charge in [0, 0.05) is 19.9 Å². The van der Waals surface area contributed by atoms with Gasteiger partial charge in [-0.3, -0.25) is 14.5 Å². The summed E-state index contributed by atoms with van der Waals surface area (Å²) in [7, 11) is 1.43. The summed E-state index contributed by atoms with van der Waals surface area (Å²) in [6.07, 6.45) is -0.377. The molecule has 1 aliphatic rings. The van der Waals surface area contributed by atoms with E-state index in [0.29, 0.717) is 11.5 Å². The van der Waals surface area contributed by atoms with Crippen molar-refractivity contribution < 1.29 is 28.8 Å². The summed E-state index contributed by atoms with van der Waals surface area (Å²) >= 11 is 0. The molecule has 1 aromatic rings. The zero-order valence-corrected chi connectivity index (χ0v) is 15.7. The van der Waals surface area contributed by atoms with Gasteiger partial charge in [-0.25, -0.2) is 9.59 Å². The maximum Gasteiger partial charge on any atom is 0.410 e. The second-order valence-electron chi connectivity index (χ2n) is 6.79. The summed E-state index contributed by atoms with van der Waals surface area (Å²) in [5, 5.41) is 0.485. The molecular formula is C19H24N2O6. The van der Waals surface area contributed by atoms with Crippen LogP contribution in [0.15, 0.2) is 30.3 Å². The monoisotopic (exact) mass is 376 g/mol. The van der Waals surface area contributed by atoms with Crippen molar-refractivity contribution in [1.29, 1.82) is 0 Å². The molecule has 0 saturated carbocycles. The standard InChI is InChI=1S/C19H24N2O6/c1-13(2)11-15(18(24)27-21-16(22)9-10-17(21)23)20(3)19(25)26-12-14-7-5-4-6-8-14/h4-8,13,15H,9-12H2,1-3H3/t15-/m0/s1. The van der Waals surface area contributed by atoms with Crippen molar-refractivity contribution in [2.75, 3.05) is 7.05 Å². The number of hydrogen-bond acceptors (Lipinski definition) is 6. The summed E-state index contributed by atoms with van der Waals surface area (Å²) in [5.41, 5.74) is 0.815. The molecular weight excluding hydrogens is 352 g/mol. The minimum Gasteiger partial charge on any atom is -0.445 e. The maximum atomic E-state index is 12.5. The van der Waals surface area contributed by atoms with Crippen LogP contribution in [-0.4, -0.2) is 46.9 Å². The van der Waals surface area contributed by atoms with Crippen LogP contribution in [0, 0.1) is 5.92 Å². The van der Waals surface area contributed by atoms with E-state index >= 15 is 0 Å². The van der Waals surface area contributed by atoms with Crippen molar-refractivity contribution in [2.45, 2.75) is 45.8 Å².